The first kappa shape index (κ1) is 20.4. The SMILES string of the molecule is COC(=O)c1ccc(/C=N\NC(=O)c2ccc(-n3c(C)ccc3C)cc2Cl)cc1. The highest BCUT2D eigenvalue weighted by atomic mass is 35.5. The van der Waals surface area contributed by atoms with Crippen LogP contribution in [0.25, 0.3) is 5.69 Å². The molecule has 0 spiro atoms. The summed E-state index contributed by atoms with van der Waals surface area (Å²) < 4.78 is 6.71. The number of hydrogen-bond donors (Lipinski definition) is 1. The van der Waals surface area contributed by atoms with Crippen LogP contribution in [-0.4, -0.2) is 29.8 Å². The van der Waals surface area contributed by atoms with Crippen LogP contribution in [0, 0.1) is 13.8 Å². The van der Waals surface area contributed by atoms with Gasteiger partial charge in [-0.3, -0.25) is 4.79 Å². The maximum absolute atomic E-state index is 12.4. The molecule has 0 unspecified atom stereocenters. The molecular formula is C22H20ClN3O3. The van der Waals surface area contributed by atoms with Gasteiger partial charge in [0.2, 0.25) is 0 Å². The zero-order valence-electron chi connectivity index (χ0n) is 16.3. The van der Waals surface area contributed by atoms with Crippen LogP contribution in [0.3, 0.4) is 0 Å². The molecule has 0 bridgehead atoms. The van der Waals surface area contributed by atoms with Gasteiger partial charge in [0.05, 0.1) is 29.5 Å². The molecule has 0 aliphatic rings. The van der Waals surface area contributed by atoms with Crippen LogP contribution in [0.15, 0.2) is 59.7 Å². The van der Waals surface area contributed by atoms with Gasteiger partial charge < -0.3 is 9.30 Å². The number of carbonyl (C=O) groups excluding carboxylic acids is 2. The number of nitrogens with one attached hydrogen (secondary N) is 1. The molecule has 0 saturated heterocycles. The van der Waals surface area contributed by atoms with Crippen molar-refractivity contribution in [1.82, 2.24) is 9.99 Å². The van der Waals surface area contributed by atoms with Crippen LogP contribution < -0.4 is 5.43 Å². The highest BCUT2D eigenvalue weighted by molar-refractivity contribution is 6.34. The molecule has 1 amide bonds. The Morgan fingerprint density at radius 3 is 2.28 bits per heavy atom. The summed E-state index contributed by atoms with van der Waals surface area (Å²) in [6.07, 6.45) is 1.48. The molecule has 29 heavy (non-hydrogen) atoms. The minimum Gasteiger partial charge on any atom is -0.465 e. The Balaban J connectivity index is 1.69. The molecular weight excluding hydrogens is 390 g/mol. The molecule has 1 aromatic heterocycles. The zero-order valence-corrected chi connectivity index (χ0v) is 17.0. The van der Waals surface area contributed by atoms with E-state index in [0.29, 0.717) is 16.1 Å². The van der Waals surface area contributed by atoms with Crippen LogP contribution in [0.1, 0.15) is 37.7 Å². The Labute approximate surface area is 173 Å². The molecule has 0 radical (unpaired) electrons. The van der Waals surface area contributed by atoms with Gasteiger partial charge in [-0.15, -0.1) is 0 Å². The number of halogens is 1. The molecule has 3 aromatic rings. The minimum absolute atomic E-state index is 0.330. The van der Waals surface area contributed by atoms with Crippen LogP contribution in [0.2, 0.25) is 5.02 Å². The number of nitrogens with zero attached hydrogens (tertiary/aromatic N) is 2. The van der Waals surface area contributed by atoms with E-state index in [2.05, 4.69) is 19.8 Å². The van der Waals surface area contributed by atoms with Gasteiger partial charge in [-0.05, 0) is 61.9 Å². The first-order chi connectivity index (χ1) is 13.9. The van der Waals surface area contributed by atoms with Crippen LogP contribution in [0.4, 0.5) is 0 Å². The highest BCUT2D eigenvalue weighted by Gasteiger charge is 2.12. The van der Waals surface area contributed by atoms with Gasteiger partial charge in [-0.25, -0.2) is 10.2 Å². The topological polar surface area (TPSA) is 72.7 Å². The van der Waals surface area contributed by atoms with Crippen molar-refractivity contribution in [3.63, 3.8) is 0 Å². The van der Waals surface area contributed by atoms with Crippen molar-refractivity contribution in [2.24, 2.45) is 5.10 Å². The van der Waals surface area contributed by atoms with Gasteiger partial charge in [-0.1, -0.05) is 23.7 Å². The van der Waals surface area contributed by atoms with E-state index < -0.39 is 11.9 Å². The lowest BCUT2D eigenvalue weighted by molar-refractivity contribution is 0.0600. The normalized spacial score (nSPS) is 10.9. The summed E-state index contributed by atoms with van der Waals surface area (Å²) in [7, 11) is 1.33. The van der Waals surface area contributed by atoms with Gasteiger partial charge in [0, 0.05) is 17.1 Å². The smallest absolute Gasteiger partial charge is 0.337 e. The molecule has 0 aliphatic heterocycles. The molecule has 0 aliphatic carbocycles. The van der Waals surface area contributed by atoms with E-state index in [1.54, 1.807) is 36.4 Å². The first-order valence-corrected chi connectivity index (χ1v) is 9.25. The van der Waals surface area contributed by atoms with Crippen molar-refractivity contribution in [2.45, 2.75) is 13.8 Å². The maximum atomic E-state index is 12.4. The Bertz CT molecular complexity index is 1070. The fourth-order valence-electron chi connectivity index (χ4n) is 2.95. The van der Waals surface area contributed by atoms with Crippen LogP contribution in [0.5, 0.6) is 0 Å². The van der Waals surface area contributed by atoms with Gasteiger partial charge >= 0.3 is 5.97 Å². The molecule has 1 heterocycles. The lowest BCUT2D eigenvalue weighted by atomic mass is 10.1. The van der Waals surface area contributed by atoms with E-state index in [9.17, 15) is 9.59 Å². The Morgan fingerprint density at radius 1 is 1.03 bits per heavy atom. The number of aromatic nitrogens is 1. The monoisotopic (exact) mass is 409 g/mol. The van der Waals surface area contributed by atoms with E-state index in [0.717, 1.165) is 22.6 Å². The lowest BCUT2D eigenvalue weighted by Gasteiger charge is -2.11. The third kappa shape index (κ3) is 4.55. The zero-order chi connectivity index (χ0) is 21.0. The van der Waals surface area contributed by atoms with Crippen molar-refractivity contribution in [2.75, 3.05) is 7.11 Å². The van der Waals surface area contributed by atoms with E-state index in [1.165, 1.54) is 13.3 Å². The van der Waals surface area contributed by atoms with E-state index in [-0.39, 0.29) is 0 Å². The second kappa shape index (κ2) is 8.75. The van der Waals surface area contributed by atoms with Gasteiger partial charge in [0.1, 0.15) is 0 Å². The van der Waals surface area contributed by atoms with Gasteiger partial charge in [0.15, 0.2) is 0 Å². The number of esters is 1. The summed E-state index contributed by atoms with van der Waals surface area (Å²) in [5, 5.41) is 4.29. The van der Waals surface area contributed by atoms with E-state index >= 15 is 0 Å². The number of hydrogen-bond acceptors (Lipinski definition) is 4. The molecule has 3 rings (SSSR count). The standard InChI is InChI=1S/C22H20ClN3O3/c1-14-4-5-15(2)26(14)18-10-11-19(20(23)12-18)21(27)25-24-13-16-6-8-17(9-7-16)22(28)29-3/h4-13H,1-3H3,(H,25,27)/b24-13-. The van der Waals surface area contributed by atoms with E-state index in [4.69, 9.17) is 11.6 Å². The highest BCUT2D eigenvalue weighted by Crippen LogP contribution is 2.23. The minimum atomic E-state index is -0.412. The van der Waals surface area contributed by atoms with Crippen molar-refractivity contribution < 1.29 is 14.3 Å². The second-order valence-corrected chi connectivity index (χ2v) is 6.84. The van der Waals surface area contributed by atoms with Crippen molar-refractivity contribution >= 4 is 29.7 Å². The van der Waals surface area contributed by atoms with Gasteiger partial charge in [-0.2, -0.15) is 5.10 Å². The Kier molecular flexibility index (Phi) is 6.14. The van der Waals surface area contributed by atoms with Crippen molar-refractivity contribution in [3.8, 4) is 5.69 Å². The molecule has 7 heteroatoms. The third-order valence-electron chi connectivity index (χ3n) is 4.44. The number of hydrazone groups is 1. The predicted octanol–water partition coefficient (Wildman–Crippen LogP) is 4.30. The summed E-state index contributed by atoms with van der Waals surface area (Å²) in [6.45, 7) is 4.02. The quantitative estimate of drug-likeness (QED) is 0.388. The Morgan fingerprint density at radius 2 is 1.69 bits per heavy atom. The fraction of sp³-hybridized carbons (Fsp3) is 0.136. The summed E-state index contributed by atoms with van der Waals surface area (Å²) in [4.78, 5) is 23.8. The molecule has 0 atom stereocenters. The first-order valence-electron chi connectivity index (χ1n) is 8.87. The largest absolute Gasteiger partial charge is 0.465 e. The second-order valence-electron chi connectivity index (χ2n) is 6.43. The predicted molar refractivity (Wildman–Crippen MR) is 113 cm³/mol. The molecule has 148 valence electrons. The summed E-state index contributed by atoms with van der Waals surface area (Å²) in [5.74, 6) is -0.824. The number of aryl methyl sites for hydroxylation is 2. The van der Waals surface area contributed by atoms with Crippen LogP contribution in [-0.2, 0) is 4.74 Å². The summed E-state index contributed by atoms with van der Waals surface area (Å²) in [6, 6.07) is 16.0. The fourth-order valence-corrected chi connectivity index (χ4v) is 3.21. The maximum Gasteiger partial charge on any atom is 0.337 e. The molecule has 1 N–H and O–H groups in total. The lowest BCUT2D eigenvalue weighted by Crippen LogP contribution is -2.18. The molecule has 6 nitrogen and oxygen atoms in total. The third-order valence-corrected chi connectivity index (χ3v) is 4.75. The number of amides is 1. The average molecular weight is 410 g/mol. The number of methoxy groups -OCH3 is 1. The molecule has 2 aromatic carbocycles. The molecule has 0 fully saturated rings. The molecule has 0 saturated carbocycles. The summed E-state index contributed by atoms with van der Waals surface area (Å²) in [5.41, 5.74) is 7.00. The Hall–Kier alpha value is -3.38. The van der Waals surface area contributed by atoms with Crippen LogP contribution >= 0.6 is 11.6 Å². The average Bonchev–Trinajstić information content (AvgIpc) is 3.05. The number of carbonyl (C=O) groups is 2. The van der Waals surface area contributed by atoms with Crippen molar-refractivity contribution in [1.29, 1.82) is 0 Å². The number of rotatable bonds is 5. The van der Waals surface area contributed by atoms with Gasteiger partial charge in [0.25, 0.3) is 5.91 Å². The summed E-state index contributed by atoms with van der Waals surface area (Å²) >= 11 is 6.33. The number of benzene rings is 2. The number of ether oxygens (including phenoxy) is 1. The van der Waals surface area contributed by atoms with E-state index in [1.807, 2.05) is 32.0 Å². The van der Waals surface area contributed by atoms with Crippen molar-refractivity contribution in [3.05, 3.63) is 87.7 Å².